The van der Waals surface area contributed by atoms with Crippen LogP contribution in [0.5, 0.6) is 5.75 Å². The predicted octanol–water partition coefficient (Wildman–Crippen LogP) is 3.09. The molecule has 160 valence electrons. The van der Waals surface area contributed by atoms with Gasteiger partial charge in [0, 0.05) is 50.4 Å². The molecule has 1 aliphatic rings. The Morgan fingerprint density at radius 3 is 2.47 bits per heavy atom. The molecule has 1 aliphatic heterocycles. The molecule has 2 aromatic carbocycles. The van der Waals surface area contributed by atoms with E-state index in [1.165, 1.54) is 5.56 Å². The zero-order valence-electron chi connectivity index (χ0n) is 17.9. The van der Waals surface area contributed by atoms with E-state index < -0.39 is 0 Å². The number of amides is 1. The number of carbonyl (C=O) groups excluding carboxylic acids is 2. The first kappa shape index (κ1) is 22.0. The molecule has 0 unspecified atom stereocenters. The Hall–Kier alpha value is -2.70. The van der Waals surface area contributed by atoms with Crippen LogP contribution in [0, 0.1) is 0 Å². The smallest absolute Gasteiger partial charge is 0.262 e. The maximum absolute atomic E-state index is 12.3. The van der Waals surface area contributed by atoms with Crippen molar-refractivity contribution in [3.05, 3.63) is 59.7 Å². The molecular formula is C24H31N3O3. The van der Waals surface area contributed by atoms with E-state index in [-0.39, 0.29) is 18.3 Å². The number of Topliss-reactive ketones (excluding diaryl/α,β-unsaturated/α-hetero) is 1. The van der Waals surface area contributed by atoms with Crippen LogP contribution in [0.1, 0.15) is 29.3 Å². The molecule has 0 bridgehead atoms. The number of benzene rings is 2. The quantitative estimate of drug-likeness (QED) is 0.645. The van der Waals surface area contributed by atoms with Crippen LogP contribution in [0.25, 0.3) is 0 Å². The molecule has 0 aliphatic carbocycles. The normalized spacial score (nSPS) is 15.0. The number of likely N-dealkylation sites (N-methyl/N-ethyl adjacent to an activating group) is 1. The van der Waals surface area contributed by atoms with E-state index in [1.54, 1.807) is 24.3 Å². The predicted molar refractivity (Wildman–Crippen MR) is 119 cm³/mol. The lowest BCUT2D eigenvalue weighted by molar-refractivity contribution is -0.118. The van der Waals surface area contributed by atoms with Crippen molar-refractivity contribution < 1.29 is 14.3 Å². The Balaban J connectivity index is 1.44. The average Bonchev–Trinajstić information content (AvgIpc) is 2.77. The second-order valence-corrected chi connectivity index (χ2v) is 7.73. The van der Waals surface area contributed by atoms with Crippen molar-refractivity contribution in [1.29, 1.82) is 0 Å². The lowest BCUT2D eigenvalue weighted by Crippen LogP contribution is -2.45. The molecule has 3 rings (SSSR count). The number of rotatable bonds is 9. The summed E-state index contributed by atoms with van der Waals surface area (Å²) < 4.78 is 5.54. The molecule has 1 amide bonds. The van der Waals surface area contributed by atoms with Gasteiger partial charge in [0.1, 0.15) is 5.75 Å². The van der Waals surface area contributed by atoms with Crippen LogP contribution in [0.4, 0.5) is 5.69 Å². The van der Waals surface area contributed by atoms with Crippen LogP contribution in [0.3, 0.4) is 0 Å². The first-order chi connectivity index (χ1) is 14.5. The number of anilines is 1. The molecule has 30 heavy (non-hydrogen) atoms. The Morgan fingerprint density at radius 1 is 1.03 bits per heavy atom. The second kappa shape index (κ2) is 10.9. The van der Waals surface area contributed by atoms with Gasteiger partial charge in [-0.05, 0) is 55.4 Å². The average molecular weight is 410 g/mol. The van der Waals surface area contributed by atoms with Crippen molar-refractivity contribution in [3.8, 4) is 5.75 Å². The van der Waals surface area contributed by atoms with Gasteiger partial charge in [-0.25, -0.2) is 0 Å². The lowest BCUT2D eigenvalue weighted by Gasteiger charge is -2.32. The fourth-order valence-electron chi connectivity index (χ4n) is 3.45. The van der Waals surface area contributed by atoms with Gasteiger partial charge in [0.25, 0.3) is 5.91 Å². The number of ether oxygens (including phenoxy) is 1. The standard InChI is InChI=1S/C24H31N3O3/c1-3-23(28)20-7-9-22(10-8-20)30-18-24(29)25-21-6-4-5-19(17-21)11-12-27-15-13-26(2)14-16-27/h4-10,17H,3,11-16,18H2,1-2H3,(H,25,29). The van der Waals surface area contributed by atoms with Crippen LogP contribution in [0.15, 0.2) is 48.5 Å². The van der Waals surface area contributed by atoms with Gasteiger partial charge in [-0.1, -0.05) is 19.1 Å². The highest BCUT2D eigenvalue weighted by atomic mass is 16.5. The van der Waals surface area contributed by atoms with Gasteiger partial charge in [-0.2, -0.15) is 0 Å². The van der Waals surface area contributed by atoms with Crippen molar-refractivity contribution in [1.82, 2.24) is 9.80 Å². The molecule has 0 atom stereocenters. The molecule has 0 radical (unpaired) electrons. The summed E-state index contributed by atoms with van der Waals surface area (Å²) in [6, 6.07) is 14.9. The number of ketones is 1. The van der Waals surface area contributed by atoms with Gasteiger partial charge in [-0.3, -0.25) is 9.59 Å². The summed E-state index contributed by atoms with van der Waals surface area (Å²) in [4.78, 5) is 28.8. The molecule has 1 saturated heterocycles. The van der Waals surface area contributed by atoms with Gasteiger partial charge in [0.05, 0.1) is 0 Å². The summed E-state index contributed by atoms with van der Waals surface area (Å²) in [5.74, 6) is 0.449. The highest BCUT2D eigenvalue weighted by Crippen LogP contribution is 2.15. The molecule has 1 N–H and O–H groups in total. The minimum Gasteiger partial charge on any atom is -0.484 e. The third-order valence-electron chi connectivity index (χ3n) is 5.39. The SMILES string of the molecule is CCC(=O)c1ccc(OCC(=O)Nc2cccc(CCN3CCN(C)CC3)c2)cc1. The number of hydrogen-bond donors (Lipinski definition) is 1. The summed E-state index contributed by atoms with van der Waals surface area (Å²) in [7, 11) is 2.16. The lowest BCUT2D eigenvalue weighted by atomic mass is 10.1. The largest absolute Gasteiger partial charge is 0.484 e. The molecule has 1 heterocycles. The number of piperazine rings is 1. The second-order valence-electron chi connectivity index (χ2n) is 7.73. The van der Waals surface area contributed by atoms with E-state index in [4.69, 9.17) is 4.74 Å². The first-order valence-electron chi connectivity index (χ1n) is 10.6. The monoisotopic (exact) mass is 409 g/mol. The summed E-state index contributed by atoms with van der Waals surface area (Å²) >= 11 is 0. The molecular weight excluding hydrogens is 378 g/mol. The summed E-state index contributed by atoms with van der Waals surface area (Å²) in [5, 5.41) is 2.90. The minimum atomic E-state index is -0.208. The van der Waals surface area contributed by atoms with Gasteiger partial charge in [-0.15, -0.1) is 0 Å². The topological polar surface area (TPSA) is 61.9 Å². The summed E-state index contributed by atoms with van der Waals surface area (Å²) in [6.45, 7) is 7.24. The molecule has 0 aromatic heterocycles. The van der Waals surface area contributed by atoms with Crippen LogP contribution in [0.2, 0.25) is 0 Å². The van der Waals surface area contributed by atoms with Crippen molar-refractivity contribution in [2.75, 3.05) is 51.7 Å². The molecule has 6 nitrogen and oxygen atoms in total. The highest BCUT2D eigenvalue weighted by molar-refractivity contribution is 5.96. The van der Waals surface area contributed by atoms with Crippen molar-refractivity contribution >= 4 is 17.4 Å². The maximum atomic E-state index is 12.3. The van der Waals surface area contributed by atoms with Crippen molar-refractivity contribution in [2.24, 2.45) is 0 Å². The molecule has 6 heteroatoms. The van der Waals surface area contributed by atoms with Crippen LogP contribution >= 0.6 is 0 Å². The van der Waals surface area contributed by atoms with E-state index in [1.807, 2.05) is 25.1 Å². The van der Waals surface area contributed by atoms with Gasteiger partial charge in [0.15, 0.2) is 12.4 Å². The number of nitrogens with one attached hydrogen (secondary N) is 1. The Morgan fingerprint density at radius 2 is 1.77 bits per heavy atom. The fraction of sp³-hybridized carbons (Fsp3) is 0.417. The number of nitrogens with zero attached hydrogens (tertiary/aromatic N) is 2. The van der Waals surface area contributed by atoms with E-state index in [9.17, 15) is 9.59 Å². The van der Waals surface area contributed by atoms with E-state index >= 15 is 0 Å². The van der Waals surface area contributed by atoms with Gasteiger partial charge in [0.2, 0.25) is 0 Å². The van der Waals surface area contributed by atoms with Gasteiger partial charge >= 0.3 is 0 Å². The number of hydrogen-bond acceptors (Lipinski definition) is 5. The van der Waals surface area contributed by atoms with E-state index in [0.29, 0.717) is 17.7 Å². The van der Waals surface area contributed by atoms with Gasteiger partial charge < -0.3 is 19.9 Å². The van der Waals surface area contributed by atoms with Crippen LogP contribution in [-0.2, 0) is 11.2 Å². The summed E-state index contributed by atoms with van der Waals surface area (Å²) in [5.41, 5.74) is 2.65. The molecule has 0 saturated carbocycles. The third kappa shape index (κ3) is 6.68. The first-order valence-corrected chi connectivity index (χ1v) is 10.6. The van der Waals surface area contributed by atoms with Crippen molar-refractivity contribution in [2.45, 2.75) is 19.8 Å². The molecule has 1 fully saturated rings. The van der Waals surface area contributed by atoms with E-state index in [2.05, 4.69) is 28.2 Å². The summed E-state index contributed by atoms with van der Waals surface area (Å²) in [6.07, 6.45) is 1.43. The van der Waals surface area contributed by atoms with Crippen LogP contribution in [-0.4, -0.2) is 67.9 Å². The minimum absolute atomic E-state index is 0.0768. The number of carbonyl (C=O) groups is 2. The molecule has 0 spiro atoms. The third-order valence-corrected chi connectivity index (χ3v) is 5.39. The highest BCUT2D eigenvalue weighted by Gasteiger charge is 2.13. The Kier molecular flexibility index (Phi) is 7.99. The van der Waals surface area contributed by atoms with E-state index in [0.717, 1.165) is 44.8 Å². The zero-order valence-corrected chi connectivity index (χ0v) is 17.9. The maximum Gasteiger partial charge on any atom is 0.262 e. The Labute approximate surface area is 178 Å². The molecule has 2 aromatic rings. The Bertz CT molecular complexity index is 843. The fourth-order valence-corrected chi connectivity index (χ4v) is 3.45. The van der Waals surface area contributed by atoms with Crippen LogP contribution < -0.4 is 10.1 Å². The zero-order chi connectivity index (χ0) is 21.3. The van der Waals surface area contributed by atoms with Crippen molar-refractivity contribution in [3.63, 3.8) is 0 Å².